The third-order valence-electron chi connectivity index (χ3n) is 12.3. The molecule has 3 radical (unpaired) electrons. The number of fused-ring (bicyclic) bond motifs is 3. The normalized spacial score (nSPS) is 11.1. The zero-order valence-corrected chi connectivity index (χ0v) is 49.5. The van der Waals surface area contributed by atoms with Crippen LogP contribution in [0.25, 0.3) is 65.7 Å². The van der Waals surface area contributed by atoms with E-state index in [0.29, 0.717) is 0 Å². The van der Waals surface area contributed by atoms with Crippen LogP contribution in [-0.2, 0) is 42.4 Å². The van der Waals surface area contributed by atoms with Gasteiger partial charge in [-0.3, -0.25) is 0 Å². The summed E-state index contributed by atoms with van der Waals surface area (Å²) in [6, 6.07) is 54.8. The fraction of sp³-hybridized carbons (Fsp3) is 0.297. The molecule has 2 nitrogen and oxygen atoms in total. The first-order valence-corrected chi connectivity index (χ1v) is 25.7. The van der Waals surface area contributed by atoms with Crippen molar-refractivity contribution in [1.29, 1.82) is 0 Å². The Hall–Kier alpha value is -4.57. The van der Waals surface area contributed by atoms with Gasteiger partial charge in [-0.2, -0.15) is 18.2 Å². The summed E-state index contributed by atoms with van der Waals surface area (Å²) >= 11 is 0. The van der Waals surface area contributed by atoms with E-state index in [0.717, 1.165) is 21.0 Å². The van der Waals surface area contributed by atoms with Gasteiger partial charge in [0.15, 0.2) is 0 Å². The molecule has 0 aliphatic rings. The second kappa shape index (κ2) is 25.2. The maximum atomic E-state index is 5.87. The monoisotopic (exact) mass is 1060 g/mol. The maximum absolute atomic E-state index is 5.87. The minimum atomic E-state index is 0. The quantitative estimate of drug-likeness (QED) is 0.126. The van der Waals surface area contributed by atoms with E-state index >= 15 is 0 Å². The summed E-state index contributed by atoms with van der Waals surface area (Å²) in [6.45, 7) is 31.0. The topological polar surface area (TPSA) is 18.5 Å². The van der Waals surface area contributed by atoms with Crippen molar-refractivity contribution in [2.75, 3.05) is 14.2 Å². The zero-order chi connectivity index (χ0) is 48.8. The van der Waals surface area contributed by atoms with Gasteiger partial charge in [-0.1, -0.05) is 193 Å². The Kier molecular flexibility index (Phi) is 21.5. The molecular formula is C64H73Cl2O2SiZr-2. The summed E-state index contributed by atoms with van der Waals surface area (Å²) in [5.41, 5.74) is 15.6. The van der Waals surface area contributed by atoms with Crippen LogP contribution in [0.15, 0.2) is 152 Å². The van der Waals surface area contributed by atoms with E-state index in [1.807, 2.05) is 0 Å². The molecule has 0 aliphatic carbocycles. The van der Waals surface area contributed by atoms with Crippen molar-refractivity contribution in [3.8, 4) is 44.9 Å². The van der Waals surface area contributed by atoms with Crippen molar-refractivity contribution < 1.29 is 60.5 Å². The van der Waals surface area contributed by atoms with Crippen LogP contribution in [0.2, 0.25) is 13.1 Å². The van der Waals surface area contributed by atoms with Crippen LogP contribution < -0.4 is 34.3 Å². The van der Waals surface area contributed by atoms with Gasteiger partial charge in [0.1, 0.15) is 11.5 Å². The van der Waals surface area contributed by atoms with Crippen molar-refractivity contribution in [2.24, 2.45) is 0 Å². The van der Waals surface area contributed by atoms with E-state index in [-0.39, 0.29) is 67.3 Å². The number of methoxy groups -OCH3 is 2. The molecule has 0 N–H and O–H groups in total. The zero-order valence-electron chi connectivity index (χ0n) is 44.5. The summed E-state index contributed by atoms with van der Waals surface area (Å²) in [5.74, 6) is 1.99. The molecule has 0 unspecified atom stereocenters. The number of aryl methyl sites for hydroxylation is 3. The first kappa shape index (κ1) is 59.7. The van der Waals surface area contributed by atoms with Gasteiger partial charge in [0.25, 0.3) is 0 Å². The van der Waals surface area contributed by atoms with Gasteiger partial charge in [-0.15, -0.1) is 91.5 Å². The number of ether oxygens (including phenoxy) is 2. The van der Waals surface area contributed by atoms with E-state index < -0.39 is 0 Å². The van der Waals surface area contributed by atoms with E-state index in [4.69, 9.17) is 9.47 Å². The van der Waals surface area contributed by atoms with E-state index in [2.05, 4.69) is 248 Å². The molecule has 0 fully saturated rings. The van der Waals surface area contributed by atoms with E-state index in [1.165, 1.54) is 99.1 Å². The standard InChI is InChI=1S/2C21H23O.C20H21.C2H6Si.2ClH.Zr/c2*1-14-11-16-13-18(21(2,3)4)20(22-5)19(17(16)12-14)15-9-7-6-8-10-15;1-14-12-16-6-5-7-18(19(16)13-14)15-8-10-17(11-9-15)20(2,3)4;1-3-2;;;/h2*6-13H,1-5H3;5-13H,1-4H3;1-2H3;2*1H;/q3*-1;;;;+3/p-2. The van der Waals surface area contributed by atoms with Crippen molar-refractivity contribution >= 4 is 41.8 Å². The van der Waals surface area contributed by atoms with Crippen LogP contribution in [-0.4, -0.2) is 23.7 Å². The Morgan fingerprint density at radius 3 is 1.14 bits per heavy atom. The molecule has 0 aliphatic heterocycles. The minimum absolute atomic E-state index is 0. The summed E-state index contributed by atoms with van der Waals surface area (Å²) in [4.78, 5) is 0. The molecule has 0 amide bonds. The van der Waals surface area contributed by atoms with Gasteiger partial charge in [0.2, 0.25) is 0 Å². The van der Waals surface area contributed by atoms with Crippen molar-refractivity contribution in [3.63, 3.8) is 0 Å². The Labute approximate surface area is 455 Å². The predicted molar refractivity (Wildman–Crippen MR) is 296 cm³/mol. The van der Waals surface area contributed by atoms with Crippen LogP contribution >= 0.6 is 0 Å². The number of halogens is 2. The van der Waals surface area contributed by atoms with Crippen LogP contribution in [0.4, 0.5) is 0 Å². The molecule has 0 saturated carbocycles. The fourth-order valence-corrected chi connectivity index (χ4v) is 9.09. The van der Waals surface area contributed by atoms with Crippen molar-refractivity contribution in [2.45, 2.75) is 112 Å². The third kappa shape index (κ3) is 13.9. The Balaban J connectivity index is 0.000000265. The number of rotatable bonds is 5. The molecule has 9 rings (SSSR count). The largest absolute Gasteiger partial charge is 3.00 e. The molecule has 70 heavy (non-hydrogen) atoms. The van der Waals surface area contributed by atoms with E-state index in [1.54, 1.807) is 14.2 Å². The second-order valence-electron chi connectivity index (χ2n) is 21.1. The average Bonchev–Trinajstić information content (AvgIpc) is 3.99. The smallest absolute Gasteiger partial charge is 1.00 e. The Morgan fingerprint density at radius 2 is 0.786 bits per heavy atom. The summed E-state index contributed by atoms with van der Waals surface area (Å²) in [7, 11) is 4.64. The first-order chi connectivity index (χ1) is 31.7. The summed E-state index contributed by atoms with van der Waals surface area (Å²) in [5, 5.41) is 7.82. The number of hydrogen-bond donors (Lipinski definition) is 0. The maximum Gasteiger partial charge on any atom is 3.00 e. The number of benzene rings is 6. The second-order valence-corrected chi connectivity index (χ2v) is 22.1. The van der Waals surface area contributed by atoms with Crippen LogP contribution in [0.1, 0.15) is 95.7 Å². The van der Waals surface area contributed by atoms with Gasteiger partial charge in [-0.05, 0) is 60.8 Å². The minimum Gasteiger partial charge on any atom is -1.00 e. The summed E-state index contributed by atoms with van der Waals surface area (Å²) in [6.07, 6.45) is 0. The molecule has 6 heteroatoms. The molecular weight excluding hydrogens is 991 g/mol. The molecule has 9 aromatic carbocycles. The molecule has 9 aromatic rings. The van der Waals surface area contributed by atoms with Crippen LogP contribution in [0, 0.1) is 20.8 Å². The first-order valence-electron chi connectivity index (χ1n) is 23.7. The molecule has 0 heterocycles. The Bertz CT molecular complexity index is 2900. The Morgan fingerprint density at radius 1 is 0.414 bits per heavy atom. The van der Waals surface area contributed by atoms with Crippen molar-refractivity contribution in [1.82, 2.24) is 0 Å². The van der Waals surface area contributed by atoms with Gasteiger partial charge in [-0.25, -0.2) is 0 Å². The SMILES string of the molecule is COc1c(C(C)(C)C)cc2[cH-]c(C)cc2c1-c1ccccc1.COc1c(C(C)(C)C)cc2[cH-]c(C)cc2c1-c1ccccc1.C[Si]C.Cc1cc2c(-c3ccc(C(C)(C)C)cc3)cccc2[cH-]1.[Cl-].[Cl-].[Zr+3]. The van der Waals surface area contributed by atoms with Gasteiger partial charge in [0, 0.05) is 9.52 Å². The van der Waals surface area contributed by atoms with Gasteiger partial charge < -0.3 is 34.3 Å². The summed E-state index contributed by atoms with van der Waals surface area (Å²) < 4.78 is 11.7. The molecule has 0 saturated heterocycles. The third-order valence-corrected chi connectivity index (χ3v) is 12.3. The molecule has 365 valence electrons. The fourth-order valence-electron chi connectivity index (χ4n) is 9.09. The van der Waals surface area contributed by atoms with Gasteiger partial charge >= 0.3 is 26.2 Å². The van der Waals surface area contributed by atoms with E-state index in [9.17, 15) is 0 Å². The molecule has 0 atom stereocenters. The molecule has 0 aromatic heterocycles. The van der Waals surface area contributed by atoms with Crippen LogP contribution in [0.5, 0.6) is 11.5 Å². The van der Waals surface area contributed by atoms with Crippen LogP contribution in [0.3, 0.4) is 0 Å². The predicted octanol–water partition coefficient (Wildman–Crippen LogP) is 12.3. The molecule has 0 bridgehead atoms. The van der Waals surface area contributed by atoms with Crippen molar-refractivity contribution in [3.05, 3.63) is 185 Å². The number of hydrogen-bond acceptors (Lipinski definition) is 2. The average molecular weight is 1060 g/mol. The molecule has 0 spiro atoms. The van der Waals surface area contributed by atoms with Gasteiger partial charge in [0.05, 0.1) is 14.2 Å².